The SMILES string of the molecule is CN(C)[C@@H](CNC(=O)N1CCC[C@H](CO)C1)c1ccc(Cl)cc1. The van der Waals surface area contributed by atoms with Crippen molar-refractivity contribution in [3.05, 3.63) is 34.9 Å². The van der Waals surface area contributed by atoms with E-state index in [0.29, 0.717) is 18.1 Å². The predicted molar refractivity (Wildman–Crippen MR) is 92.7 cm³/mol. The Balaban J connectivity index is 1.93. The van der Waals surface area contributed by atoms with Crippen molar-refractivity contribution in [2.45, 2.75) is 18.9 Å². The average molecular weight is 340 g/mol. The molecule has 1 aromatic rings. The van der Waals surface area contributed by atoms with E-state index in [2.05, 4.69) is 10.2 Å². The lowest BCUT2D eigenvalue weighted by atomic mass is 9.99. The fourth-order valence-electron chi connectivity index (χ4n) is 2.98. The van der Waals surface area contributed by atoms with Crippen molar-refractivity contribution in [3.63, 3.8) is 0 Å². The van der Waals surface area contributed by atoms with E-state index >= 15 is 0 Å². The summed E-state index contributed by atoms with van der Waals surface area (Å²) in [6, 6.07) is 7.75. The van der Waals surface area contributed by atoms with Gasteiger partial charge in [0.15, 0.2) is 0 Å². The molecule has 6 heteroatoms. The van der Waals surface area contributed by atoms with Crippen LogP contribution in [0.25, 0.3) is 0 Å². The first-order chi connectivity index (χ1) is 11.0. The molecular formula is C17H26ClN3O2. The molecule has 0 radical (unpaired) electrons. The number of nitrogens with one attached hydrogen (secondary N) is 1. The van der Waals surface area contributed by atoms with E-state index < -0.39 is 0 Å². The maximum absolute atomic E-state index is 12.4. The molecule has 5 nitrogen and oxygen atoms in total. The zero-order valence-electron chi connectivity index (χ0n) is 13.8. The van der Waals surface area contributed by atoms with Crippen LogP contribution in [-0.4, -0.2) is 61.3 Å². The highest BCUT2D eigenvalue weighted by molar-refractivity contribution is 6.30. The van der Waals surface area contributed by atoms with Gasteiger partial charge in [-0.2, -0.15) is 0 Å². The number of carbonyl (C=O) groups is 1. The first-order valence-corrected chi connectivity index (χ1v) is 8.44. The van der Waals surface area contributed by atoms with Crippen molar-refractivity contribution in [2.24, 2.45) is 5.92 Å². The number of benzene rings is 1. The molecule has 128 valence electrons. The van der Waals surface area contributed by atoms with Crippen LogP contribution < -0.4 is 5.32 Å². The number of likely N-dealkylation sites (tertiary alicyclic amines) is 1. The van der Waals surface area contributed by atoms with Gasteiger partial charge >= 0.3 is 6.03 Å². The first-order valence-electron chi connectivity index (χ1n) is 8.06. The zero-order chi connectivity index (χ0) is 16.8. The predicted octanol–water partition coefficient (Wildman–Crippen LogP) is 2.36. The first kappa shape index (κ1) is 18.0. The molecular weight excluding hydrogens is 314 g/mol. The number of amides is 2. The fourth-order valence-corrected chi connectivity index (χ4v) is 3.10. The summed E-state index contributed by atoms with van der Waals surface area (Å²) >= 11 is 5.94. The second kappa shape index (κ2) is 8.52. The van der Waals surface area contributed by atoms with Crippen LogP contribution in [0.3, 0.4) is 0 Å². The molecule has 2 amide bonds. The van der Waals surface area contributed by atoms with Crippen LogP contribution in [0.1, 0.15) is 24.4 Å². The summed E-state index contributed by atoms with van der Waals surface area (Å²) < 4.78 is 0. The Morgan fingerprint density at radius 2 is 2.13 bits per heavy atom. The van der Waals surface area contributed by atoms with E-state index in [-0.39, 0.29) is 24.6 Å². The van der Waals surface area contributed by atoms with E-state index in [1.807, 2.05) is 38.4 Å². The van der Waals surface area contributed by atoms with E-state index in [1.165, 1.54) is 0 Å². The Labute approximate surface area is 143 Å². The quantitative estimate of drug-likeness (QED) is 0.866. The molecule has 1 saturated heterocycles. The van der Waals surface area contributed by atoms with Gasteiger partial charge in [-0.05, 0) is 50.6 Å². The lowest BCUT2D eigenvalue weighted by Crippen LogP contribution is -2.47. The molecule has 0 bridgehead atoms. The summed E-state index contributed by atoms with van der Waals surface area (Å²) in [6.07, 6.45) is 1.94. The summed E-state index contributed by atoms with van der Waals surface area (Å²) in [6.45, 7) is 2.08. The topological polar surface area (TPSA) is 55.8 Å². The summed E-state index contributed by atoms with van der Waals surface area (Å²) in [4.78, 5) is 16.2. The van der Waals surface area contributed by atoms with Crippen LogP contribution in [0.5, 0.6) is 0 Å². The zero-order valence-corrected chi connectivity index (χ0v) is 14.6. The van der Waals surface area contributed by atoms with Crippen molar-refractivity contribution >= 4 is 17.6 Å². The summed E-state index contributed by atoms with van der Waals surface area (Å²) in [5.41, 5.74) is 1.12. The maximum Gasteiger partial charge on any atom is 0.317 e. The van der Waals surface area contributed by atoms with E-state index in [0.717, 1.165) is 24.9 Å². The van der Waals surface area contributed by atoms with Crippen molar-refractivity contribution in [2.75, 3.05) is 40.3 Å². The summed E-state index contributed by atoms with van der Waals surface area (Å²) in [5.74, 6) is 0.204. The third-order valence-corrected chi connectivity index (χ3v) is 4.64. The third kappa shape index (κ3) is 5.09. The van der Waals surface area contributed by atoms with E-state index in [9.17, 15) is 9.90 Å². The monoisotopic (exact) mass is 339 g/mol. The van der Waals surface area contributed by atoms with E-state index in [1.54, 1.807) is 4.90 Å². The van der Waals surface area contributed by atoms with Crippen molar-refractivity contribution < 1.29 is 9.90 Å². The van der Waals surface area contributed by atoms with Crippen LogP contribution in [0.2, 0.25) is 5.02 Å². The Morgan fingerprint density at radius 1 is 1.43 bits per heavy atom. The van der Waals surface area contributed by atoms with Crippen LogP contribution >= 0.6 is 11.6 Å². The number of likely N-dealkylation sites (N-methyl/N-ethyl adjacent to an activating group) is 1. The van der Waals surface area contributed by atoms with Gasteiger partial charge < -0.3 is 20.2 Å². The molecule has 0 aliphatic carbocycles. The number of urea groups is 1. The molecule has 23 heavy (non-hydrogen) atoms. The van der Waals surface area contributed by atoms with Gasteiger partial charge in [0.1, 0.15) is 0 Å². The van der Waals surface area contributed by atoms with Crippen LogP contribution in [0.4, 0.5) is 4.79 Å². The molecule has 0 spiro atoms. The summed E-state index contributed by atoms with van der Waals surface area (Å²) in [7, 11) is 3.99. The molecule has 1 aromatic carbocycles. The minimum atomic E-state index is -0.0519. The van der Waals surface area contributed by atoms with Gasteiger partial charge in [-0.1, -0.05) is 23.7 Å². The number of carbonyl (C=O) groups excluding carboxylic acids is 1. The number of hydrogen-bond donors (Lipinski definition) is 2. The Kier molecular flexibility index (Phi) is 6.69. The largest absolute Gasteiger partial charge is 0.396 e. The second-order valence-corrected chi connectivity index (χ2v) is 6.79. The summed E-state index contributed by atoms with van der Waals surface area (Å²) in [5, 5.41) is 13.0. The molecule has 1 fully saturated rings. The molecule has 2 rings (SSSR count). The van der Waals surface area contributed by atoms with Crippen molar-refractivity contribution in [1.29, 1.82) is 0 Å². The molecule has 0 aromatic heterocycles. The van der Waals surface area contributed by atoms with E-state index in [4.69, 9.17) is 11.6 Å². The molecule has 2 atom stereocenters. The van der Waals surface area contributed by atoms with Gasteiger partial charge in [0.05, 0.1) is 6.04 Å². The van der Waals surface area contributed by atoms with Crippen molar-refractivity contribution in [3.8, 4) is 0 Å². The Hall–Kier alpha value is -1.30. The number of halogens is 1. The van der Waals surface area contributed by atoms with Crippen molar-refractivity contribution in [1.82, 2.24) is 15.1 Å². The van der Waals surface area contributed by atoms with Gasteiger partial charge in [-0.25, -0.2) is 4.79 Å². The highest BCUT2D eigenvalue weighted by atomic mass is 35.5. The van der Waals surface area contributed by atoms with Gasteiger partial charge in [0.2, 0.25) is 0 Å². The maximum atomic E-state index is 12.4. The molecule has 0 unspecified atom stereocenters. The highest BCUT2D eigenvalue weighted by Crippen LogP contribution is 2.20. The third-order valence-electron chi connectivity index (χ3n) is 4.39. The van der Waals surface area contributed by atoms with Crippen LogP contribution in [0.15, 0.2) is 24.3 Å². The Morgan fingerprint density at radius 3 is 2.74 bits per heavy atom. The number of aliphatic hydroxyl groups excluding tert-OH is 1. The number of aliphatic hydroxyl groups is 1. The molecule has 1 heterocycles. The lowest BCUT2D eigenvalue weighted by Gasteiger charge is -2.33. The molecule has 1 aliphatic heterocycles. The van der Waals surface area contributed by atoms with Gasteiger partial charge in [-0.3, -0.25) is 0 Å². The van der Waals surface area contributed by atoms with Gasteiger partial charge in [0.25, 0.3) is 0 Å². The number of rotatable bonds is 5. The number of piperidine rings is 1. The average Bonchev–Trinajstić information content (AvgIpc) is 2.56. The minimum absolute atomic E-state index is 0.0519. The molecule has 2 N–H and O–H groups in total. The van der Waals surface area contributed by atoms with Crippen LogP contribution in [-0.2, 0) is 0 Å². The van der Waals surface area contributed by atoms with Crippen LogP contribution in [0, 0.1) is 5.92 Å². The standard InChI is InChI=1S/C17H26ClN3O2/c1-20(2)16(14-5-7-15(18)8-6-14)10-19-17(23)21-9-3-4-13(11-21)12-22/h5-8,13,16,22H,3-4,9-12H2,1-2H3,(H,19,23)/t13-,16-/m0/s1. The normalized spacial score (nSPS) is 19.7. The smallest absolute Gasteiger partial charge is 0.317 e. The minimum Gasteiger partial charge on any atom is -0.396 e. The lowest BCUT2D eigenvalue weighted by molar-refractivity contribution is 0.128. The second-order valence-electron chi connectivity index (χ2n) is 6.35. The number of hydrogen-bond acceptors (Lipinski definition) is 3. The number of nitrogens with zero attached hydrogens (tertiary/aromatic N) is 2. The molecule has 1 aliphatic rings. The fraction of sp³-hybridized carbons (Fsp3) is 0.588. The van der Waals surface area contributed by atoms with Gasteiger partial charge in [0, 0.05) is 31.3 Å². The molecule has 0 saturated carbocycles. The highest BCUT2D eigenvalue weighted by Gasteiger charge is 2.24. The van der Waals surface area contributed by atoms with Gasteiger partial charge in [-0.15, -0.1) is 0 Å². The Bertz CT molecular complexity index is 507.